The minimum Gasteiger partial charge on any atom is -0.496 e. The van der Waals surface area contributed by atoms with Crippen molar-refractivity contribution < 1.29 is 18.5 Å². The van der Waals surface area contributed by atoms with Crippen LogP contribution in [-0.4, -0.2) is 36.3 Å². The fraction of sp³-hybridized carbons (Fsp3) is 0.333. The van der Waals surface area contributed by atoms with Crippen molar-refractivity contribution in [1.82, 2.24) is 5.43 Å². The average molecular weight is 322 g/mol. The summed E-state index contributed by atoms with van der Waals surface area (Å²) < 4.78 is 22.4. The number of benzene rings is 1. The second-order valence-electron chi connectivity index (χ2n) is 4.67. The van der Waals surface area contributed by atoms with Gasteiger partial charge >= 0.3 is 0 Å². The Labute approximate surface area is 131 Å². The third-order valence-electron chi connectivity index (χ3n) is 3.21. The first kappa shape index (κ1) is 16.2. The molecular weight excluding hydrogens is 304 g/mol. The molecule has 1 aliphatic rings. The second kappa shape index (κ2) is 7.22. The van der Waals surface area contributed by atoms with Crippen molar-refractivity contribution in [3.8, 4) is 11.5 Å². The Hall–Kier alpha value is -2.15. The van der Waals surface area contributed by atoms with Gasteiger partial charge in [-0.1, -0.05) is 0 Å². The summed E-state index contributed by atoms with van der Waals surface area (Å²) in [6.45, 7) is 0. The maximum absolute atomic E-state index is 11.7. The van der Waals surface area contributed by atoms with E-state index in [-0.39, 0.29) is 5.91 Å². The van der Waals surface area contributed by atoms with Crippen LogP contribution in [0.15, 0.2) is 28.2 Å². The summed E-state index contributed by atoms with van der Waals surface area (Å²) in [5, 5.41) is 3.98. The summed E-state index contributed by atoms with van der Waals surface area (Å²) in [6.07, 6.45) is 6.27. The van der Waals surface area contributed by atoms with Crippen molar-refractivity contribution >= 4 is 28.5 Å². The summed E-state index contributed by atoms with van der Waals surface area (Å²) in [7, 11) is 1.92. The summed E-state index contributed by atoms with van der Waals surface area (Å²) in [4.78, 5) is 11.6. The van der Waals surface area contributed by atoms with Crippen molar-refractivity contribution in [3.63, 3.8) is 0 Å². The molecule has 1 N–H and O–H groups in total. The van der Waals surface area contributed by atoms with E-state index in [0.717, 1.165) is 11.3 Å². The Morgan fingerprint density at radius 3 is 2.45 bits per heavy atom. The number of methoxy groups -OCH3 is 2. The average Bonchev–Trinajstić information content (AvgIpc) is 2.53. The Kier molecular flexibility index (Phi) is 5.32. The molecule has 0 spiro atoms. The van der Waals surface area contributed by atoms with Gasteiger partial charge in [0.25, 0.3) is 0 Å². The molecule has 0 fully saturated rings. The first-order chi connectivity index (χ1) is 10.5. The zero-order valence-corrected chi connectivity index (χ0v) is 13.5. The molecule has 1 heterocycles. The maximum Gasteiger partial charge on any atom is 0.240 e. The van der Waals surface area contributed by atoms with Crippen LogP contribution in [0.25, 0.3) is 6.08 Å². The number of ether oxygens (including phenoxy) is 2. The predicted molar refractivity (Wildman–Crippen MR) is 85.7 cm³/mol. The van der Waals surface area contributed by atoms with Crippen LogP contribution in [-0.2, 0) is 15.6 Å². The number of allylic oxidation sites excluding steroid dienone is 1. The normalized spacial score (nSPS) is 16.1. The van der Waals surface area contributed by atoms with Crippen molar-refractivity contribution in [1.29, 1.82) is 0 Å². The van der Waals surface area contributed by atoms with Crippen LogP contribution in [0.1, 0.15) is 18.4 Å². The maximum atomic E-state index is 11.7. The molecule has 1 unspecified atom stereocenters. The largest absolute Gasteiger partial charge is 0.496 e. The number of amides is 1. The standard InChI is InChI=1S/C15H18N2O4S/c1-20-12-9-14(22(3)19)13(21-2)8-10(12)4-5-11-6-7-15(18)17-16-11/h4-5,8-9H,6-7H2,1-3H3,(H,17,18). The third-order valence-corrected chi connectivity index (χ3v) is 4.15. The molecule has 1 aliphatic heterocycles. The highest BCUT2D eigenvalue weighted by molar-refractivity contribution is 7.84. The smallest absolute Gasteiger partial charge is 0.240 e. The van der Waals surface area contributed by atoms with E-state index in [1.54, 1.807) is 25.5 Å². The molecule has 0 aliphatic carbocycles. The van der Waals surface area contributed by atoms with Gasteiger partial charge < -0.3 is 9.47 Å². The molecule has 0 saturated heterocycles. The van der Waals surface area contributed by atoms with Gasteiger partial charge in [-0.05, 0) is 18.2 Å². The van der Waals surface area contributed by atoms with Crippen LogP contribution in [0.5, 0.6) is 11.5 Å². The molecule has 0 bridgehead atoms. The van der Waals surface area contributed by atoms with E-state index in [1.807, 2.05) is 12.2 Å². The minimum absolute atomic E-state index is 0.0776. The van der Waals surface area contributed by atoms with E-state index in [2.05, 4.69) is 10.5 Å². The van der Waals surface area contributed by atoms with Crippen molar-refractivity contribution in [2.75, 3.05) is 20.5 Å². The molecule has 1 aromatic carbocycles. The van der Waals surface area contributed by atoms with Gasteiger partial charge in [-0.2, -0.15) is 5.10 Å². The van der Waals surface area contributed by atoms with Gasteiger partial charge in [0.05, 0.1) is 35.6 Å². The number of hydrogen-bond donors (Lipinski definition) is 1. The van der Waals surface area contributed by atoms with E-state index in [4.69, 9.17) is 9.47 Å². The summed E-state index contributed by atoms with van der Waals surface area (Å²) in [6, 6.07) is 3.48. The van der Waals surface area contributed by atoms with E-state index >= 15 is 0 Å². The fourth-order valence-corrected chi connectivity index (χ4v) is 2.74. The van der Waals surface area contributed by atoms with Crippen molar-refractivity contribution in [3.05, 3.63) is 23.8 Å². The van der Waals surface area contributed by atoms with E-state index in [0.29, 0.717) is 29.2 Å². The molecule has 7 heteroatoms. The monoisotopic (exact) mass is 322 g/mol. The number of nitrogens with one attached hydrogen (secondary N) is 1. The van der Waals surface area contributed by atoms with Crippen LogP contribution >= 0.6 is 0 Å². The molecule has 0 radical (unpaired) electrons. The van der Waals surface area contributed by atoms with Gasteiger partial charge in [0.15, 0.2) is 0 Å². The van der Waals surface area contributed by atoms with Crippen LogP contribution < -0.4 is 14.9 Å². The second-order valence-corrected chi connectivity index (χ2v) is 6.02. The van der Waals surface area contributed by atoms with Gasteiger partial charge in [-0.15, -0.1) is 0 Å². The van der Waals surface area contributed by atoms with Crippen LogP contribution in [0.3, 0.4) is 0 Å². The molecule has 2 rings (SSSR count). The lowest BCUT2D eigenvalue weighted by Crippen LogP contribution is -2.24. The highest BCUT2D eigenvalue weighted by atomic mass is 32.2. The number of carbonyl (C=O) groups excluding carboxylic acids is 1. The quantitative estimate of drug-likeness (QED) is 0.895. The zero-order valence-electron chi connectivity index (χ0n) is 12.7. The molecule has 1 atom stereocenters. The van der Waals surface area contributed by atoms with Gasteiger partial charge in [-0.25, -0.2) is 5.43 Å². The number of rotatable bonds is 5. The lowest BCUT2D eigenvalue weighted by molar-refractivity contribution is -0.121. The molecule has 6 nitrogen and oxygen atoms in total. The fourth-order valence-electron chi connectivity index (χ4n) is 2.04. The van der Waals surface area contributed by atoms with Gasteiger partial charge in [-0.3, -0.25) is 9.00 Å². The Bertz CT molecular complexity index is 668. The number of hydrogen-bond acceptors (Lipinski definition) is 5. The van der Waals surface area contributed by atoms with E-state index in [9.17, 15) is 9.00 Å². The van der Waals surface area contributed by atoms with Crippen LogP contribution in [0.2, 0.25) is 0 Å². The third kappa shape index (κ3) is 3.73. The van der Waals surface area contributed by atoms with Gasteiger partial charge in [0.2, 0.25) is 5.91 Å². The number of hydrazone groups is 1. The first-order valence-corrected chi connectivity index (χ1v) is 8.24. The summed E-state index contributed by atoms with van der Waals surface area (Å²) >= 11 is 0. The SMILES string of the molecule is COc1cc(S(C)=O)c(OC)cc1C=CC1=NNC(=O)CC1. The number of nitrogens with zero attached hydrogens (tertiary/aromatic N) is 1. The zero-order chi connectivity index (χ0) is 16.1. The topological polar surface area (TPSA) is 77.0 Å². The molecule has 22 heavy (non-hydrogen) atoms. The van der Waals surface area contributed by atoms with Crippen LogP contribution in [0.4, 0.5) is 0 Å². The van der Waals surface area contributed by atoms with Crippen molar-refractivity contribution in [2.24, 2.45) is 5.10 Å². The molecule has 0 aromatic heterocycles. The van der Waals surface area contributed by atoms with Crippen molar-refractivity contribution in [2.45, 2.75) is 17.7 Å². The highest BCUT2D eigenvalue weighted by Gasteiger charge is 2.13. The van der Waals surface area contributed by atoms with E-state index in [1.165, 1.54) is 7.11 Å². The first-order valence-electron chi connectivity index (χ1n) is 6.68. The lowest BCUT2D eigenvalue weighted by Gasteiger charge is -2.12. The Morgan fingerprint density at radius 2 is 1.91 bits per heavy atom. The molecule has 1 amide bonds. The Balaban J connectivity index is 2.34. The summed E-state index contributed by atoms with van der Waals surface area (Å²) in [5.41, 5.74) is 4.01. The number of carbonyl (C=O) groups is 1. The van der Waals surface area contributed by atoms with Crippen LogP contribution in [0, 0.1) is 0 Å². The van der Waals surface area contributed by atoms with Gasteiger partial charge in [0.1, 0.15) is 11.5 Å². The van der Waals surface area contributed by atoms with E-state index < -0.39 is 10.8 Å². The molecule has 1 aromatic rings. The minimum atomic E-state index is -1.17. The predicted octanol–water partition coefficient (Wildman–Crippen LogP) is 1.72. The van der Waals surface area contributed by atoms with Gasteiger partial charge in [0, 0.05) is 30.7 Å². The highest BCUT2D eigenvalue weighted by Crippen LogP contribution is 2.31. The lowest BCUT2D eigenvalue weighted by atomic mass is 10.1. The molecule has 118 valence electrons. The molecule has 0 saturated carbocycles. The molecular formula is C15H18N2O4S. The Morgan fingerprint density at radius 1 is 1.18 bits per heavy atom. The summed E-state index contributed by atoms with van der Waals surface area (Å²) in [5.74, 6) is 1.06.